The topological polar surface area (TPSA) is 74.7 Å². The molecule has 1 rings (SSSR count). The normalized spacial score (nSPS) is 13.0. The van der Waals surface area contributed by atoms with Gasteiger partial charge in [0.25, 0.3) is 0 Å². The van der Waals surface area contributed by atoms with Gasteiger partial charge in [-0.2, -0.15) is 0 Å². The van der Waals surface area contributed by atoms with Crippen molar-refractivity contribution in [2.24, 2.45) is 5.92 Å². The molecule has 100 valence electrons. The van der Waals surface area contributed by atoms with Gasteiger partial charge in [0, 0.05) is 6.54 Å². The van der Waals surface area contributed by atoms with Crippen molar-refractivity contribution in [1.29, 1.82) is 0 Å². The molecule has 1 aromatic carbocycles. The molecule has 0 heterocycles. The Hall–Kier alpha value is -1.56. The van der Waals surface area contributed by atoms with Gasteiger partial charge in [0.05, 0.1) is 17.4 Å². The van der Waals surface area contributed by atoms with Gasteiger partial charge < -0.3 is 5.11 Å². The number of aliphatic carboxylic acids is 1. The first-order chi connectivity index (χ1) is 8.38. The predicted molar refractivity (Wildman–Crippen MR) is 70.0 cm³/mol. The number of carbonyl (C=O) groups is 1. The fraction of sp³-hybridized carbons (Fsp3) is 0.417. The van der Waals surface area contributed by atoms with Crippen LogP contribution in [0.1, 0.15) is 13.8 Å². The Bertz CT molecular complexity index is 498. The average Bonchev–Trinajstić information content (AvgIpc) is 2.30. The summed E-state index contributed by atoms with van der Waals surface area (Å²) in [6.07, 6.45) is 0. The van der Waals surface area contributed by atoms with Crippen LogP contribution >= 0.6 is 0 Å². The molecule has 1 aromatic rings. The molecule has 0 bridgehead atoms. The monoisotopic (exact) mass is 271 g/mol. The number of hydrogen-bond acceptors (Lipinski definition) is 3. The lowest BCUT2D eigenvalue weighted by atomic mass is 10.2. The predicted octanol–water partition coefficient (Wildman–Crippen LogP) is 1.56. The fourth-order valence-electron chi connectivity index (χ4n) is 1.61. The van der Waals surface area contributed by atoms with Gasteiger partial charge in [-0.3, -0.25) is 9.10 Å². The molecule has 1 unspecified atom stereocenters. The van der Waals surface area contributed by atoms with E-state index < -0.39 is 27.7 Å². The molecule has 0 spiro atoms. The zero-order valence-corrected chi connectivity index (χ0v) is 11.2. The van der Waals surface area contributed by atoms with Crippen LogP contribution in [-0.4, -0.2) is 31.8 Å². The minimum atomic E-state index is -3.62. The zero-order chi connectivity index (χ0) is 13.8. The number of hydrogen-bond donors (Lipinski definition) is 1. The van der Waals surface area contributed by atoms with E-state index >= 15 is 0 Å². The van der Waals surface area contributed by atoms with Crippen molar-refractivity contribution in [3.63, 3.8) is 0 Å². The van der Waals surface area contributed by atoms with E-state index in [0.29, 0.717) is 5.69 Å². The highest BCUT2D eigenvalue weighted by molar-refractivity contribution is 7.92. The van der Waals surface area contributed by atoms with Crippen molar-refractivity contribution >= 4 is 21.7 Å². The summed E-state index contributed by atoms with van der Waals surface area (Å²) in [6.45, 7) is 3.38. The largest absolute Gasteiger partial charge is 0.481 e. The van der Waals surface area contributed by atoms with Crippen LogP contribution in [-0.2, 0) is 14.8 Å². The summed E-state index contributed by atoms with van der Waals surface area (Å²) < 4.78 is 25.5. The Kier molecular flexibility index (Phi) is 4.72. The van der Waals surface area contributed by atoms with Gasteiger partial charge >= 0.3 is 5.97 Å². The lowest BCUT2D eigenvalue weighted by Gasteiger charge is -2.23. The quantitative estimate of drug-likeness (QED) is 0.852. The van der Waals surface area contributed by atoms with Gasteiger partial charge in [-0.15, -0.1) is 0 Å². The highest BCUT2D eigenvalue weighted by Crippen LogP contribution is 2.18. The molecule has 1 atom stereocenters. The third-order valence-electron chi connectivity index (χ3n) is 2.55. The second kappa shape index (κ2) is 5.86. The van der Waals surface area contributed by atoms with Gasteiger partial charge in [-0.25, -0.2) is 8.42 Å². The Morgan fingerprint density at radius 2 is 1.89 bits per heavy atom. The van der Waals surface area contributed by atoms with Crippen LogP contribution < -0.4 is 4.31 Å². The minimum absolute atomic E-state index is 0.276. The Morgan fingerprint density at radius 3 is 2.33 bits per heavy atom. The number of anilines is 1. The molecule has 0 amide bonds. The zero-order valence-electron chi connectivity index (χ0n) is 10.4. The molecule has 18 heavy (non-hydrogen) atoms. The van der Waals surface area contributed by atoms with Crippen molar-refractivity contribution in [2.45, 2.75) is 13.8 Å². The standard InChI is InChI=1S/C12H17NO4S/c1-3-13(11-7-5-4-6-8-11)18(16,17)9-10(2)12(14)15/h4-8,10H,3,9H2,1-2H3,(H,14,15). The molecule has 0 fully saturated rings. The first-order valence-corrected chi connectivity index (χ1v) is 7.27. The van der Waals surface area contributed by atoms with E-state index in [2.05, 4.69) is 0 Å². The lowest BCUT2D eigenvalue weighted by molar-refractivity contribution is -0.140. The number of carboxylic acid groups (broad SMARTS) is 1. The highest BCUT2D eigenvalue weighted by Gasteiger charge is 2.26. The number of benzene rings is 1. The molecule has 1 N–H and O–H groups in total. The first-order valence-electron chi connectivity index (χ1n) is 5.66. The van der Waals surface area contributed by atoms with E-state index in [1.165, 1.54) is 11.2 Å². The van der Waals surface area contributed by atoms with Gasteiger partial charge in [0.2, 0.25) is 10.0 Å². The Balaban J connectivity index is 2.98. The smallest absolute Gasteiger partial charge is 0.307 e. The SMILES string of the molecule is CCN(c1ccccc1)S(=O)(=O)CC(C)C(=O)O. The molecule has 0 aliphatic rings. The maximum absolute atomic E-state index is 12.1. The van der Waals surface area contributed by atoms with E-state index in [0.717, 1.165) is 0 Å². The molecule has 0 radical (unpaired) electrons. The van der Waals surface area contributed by atoms with E-state index in [-0.39, 0.29) is 6.54 Å². The molecule has 0 saturated heterocycles. The maximum atomic E-state index is 12.1. The van der Waals surface area contributed by atoms with Gasteiger partial charge in [0.1, 0.15) is 0 Å². The first kappa shape index (κ1) is 14.5. The van der Waals surface area contributed by atoms with Crippen LogP contribution in [0, 0.1) is 5.92 Å². The van der Waals surface area contributed by atoms with Crippen molar-refractivity contribution in [2.75, 3.05) is 16.6 Å². The van der Waals surface area contributed by atoms with Crippen LogP contribution in [0.25, 0.3) is 0 Å². The summed E-state index contributed by atoms with van der Waals surface area (Å²) in [5.41, 5.74) is 0.553. The van der Waals surface area contributed by atoms with Gasteiger partial charge in [0.15, 0.2) is 0 Å². The van der Waals surface area contributed by atoms with Crippen molar-refractivity contribution in [3.05, 3.63) is 30.3 Å². The van der Waals surface area contributed by atoms with Crippen LogP contribution in [0.5, 0.6) is 0 Å². The maximum Gasteiger partial charge on any atom is 0.307 e. The van der Waals surface area contributed by atoms with Crippen LogP contribution in [0.2, 0.25) is 0 Å². The number of rotatable bonds is 6. The van der Waals surface area contributed by atoms with Crippen LogP contribution in [0.3, 0.4) is 0 Å². The molecular weight excluding hydrogens is 254 g/mol. The molecule has 0 aliphatic carbocycles. The Morgan fingerprint density at radius 1 is 1.33 bits per heavy atom. The lowest BCUT2D eigenvalue weighted by Crippen LogP contribution is -2.36. The highest BCUT2D eigenvalue weighted by atomic mass is 32.2. The minimum Gasteiger partial charge on any atom is -0.481 e. The van der Waals surface area contributed by atoms with Crippen molar-refractivity contribution < 1.29 is 18.3 Å². The Labute approximate surface area is 107 Å². The number of sulfonamides is 1. The second-order valence-electron chi connectivity index (χ2n) is 4.02. The molecule has 0 aromatic heterocycles. The van der Waals surface area contributed by atoms with Crippen LogP contribution in [0.15, 0.2) is 30.3 Å². The molecule has 0 saturated carbocycles. The van der Waals surface area contributed by atoms with E-state index in [9.17, 15) is 13.2 Å². The summed E-state index contributed by atoms with van der Waals surface area (Å²) in [6, 6.07) is 8.66. The molecular formula is C12H17NO4S. The fourth-order valence-corrected chi connectivity index (χ4v) is 3.40. The van der Waals surface area contributed by atoms with E-state index in [1.807, 2.05) is 0 Å². The van der Waals surface area contributed by atoms with Crippen molar-refractivity contribution in [3.8, 4) is 0 Å². The average molecular weight is 271 g/mol. The summed E-state index contributed by atoms with van der Waals surface area (Å²) >= 11 is 0. The third-order valence-corrected chi connectivity index (χ3v) is 4.61. The second-order valence-corrected chi connectivity index (χ2v) is 5.96. The molecule has 6 heteroatoms. The number of carboxylic acids is 1. The summed E-state index contributed by atoms with van der Waals surface area (Å²) in [4.78, 5) is 10.7. The van der Waals surface area contributed by atoms with E-state index in [4.69, 9.17) is 5.11 Å². The van der Waals surface area contributed by atoms with E-state index in [1.54, 1.807) is 37.3 Å². The number of para-hydroxylation sites is 1. The van der Waals surface area contributed by atoms with Crippen LogP contribution in [0.4, 0.5) is 5.69 Å². The summed E-state index contributed by atoms with van der Waals surface area (Å²) in [5, 5.41) is 8.79. The van der Waals surface area contributed by atoms with Gasteiger partial charge in [-0.05, 0) is 19.1 Å². The van der Waals surface area contributed by atoms with Crippen molar-refractivity contribution in [1.82, 2.24) is 0 Å². The molecule has 0 aliphatic heterocycles. The third kappa shape index (κ3) is 3.46. The summed E-state index contributed by atoms with van der Waals surface area (Å²) in [5.74, 6) is -2.43. The summed E-state index contributed by atoms with van der Waals surface area (Å²) in [7, 11) is -3.62. The number of nitrogens with zero attached hydrogens (tertiary/aromatic N) is 1. The molecule has 5 nitrogen and oxygen atoms in total. The van der Waals surface area contributed by atoms with Gasteiger partial charge in [-0.1, -0.05) is 25.1 Å².